The highest BCUT2D eigenvalue weighted by Gasteiger charge is 2.26. The van der Waals surface area contributed by atoms with Crippen molar-refractivity contribution in [2.45, 2.75) is 52.6 Å². The zero-order valence-corrected chi connectivity index (χ0v) is 19.9. The van der Waals surface area contributed by atoms with Crippen LogP contribution in [-0.2, 0) is 4.79 Å². The third-order valence-corrected chi connectivity index (χ3v) is 6.66. The van der Waals surface area contributed by atoms with E-state index in [0.29, 0.717) is 40.3 Å². The van der Waals surface area contributed by atoms with Crippen molar-refractivity contribution in [3.05, 3.63) is 34.3 Å². The highest BCUT2D eigenvalue weighted by molar-refractivity contribution is 7.17. The number of carbonyl (C=O) groups is 2. The fourth-order valence-corrected chi connectivity index (χ4v) is 4.48. The predicted octanol–water partition coefficient (Wildman–Crippen LogP) is 3.53. The summed E-state index contributed by atoms with van der Waals surface area (Å²) in [5.41, 5.74) is 1.14. The maximum absolute atomic E-state index is 12.6. The number of rotatable bonds is 7. The number of phenolic OH excluding ortho intramolecular Hbond substituents is 1. The highest BCUT2D eigenvalue weighted by Crippen LogP contribution is 2.29. The van der Waals surface area contributed by atoms with Gasteiger partial charge in [-0.05, 0) is 58.1 Å². The van der Waals surface area contributed by atoms with E-state index in [4.69, 9.17) is 0 Å². The van der Waals surface area contributed by atoms with Crippen LogP contribution in [0, 0.1) is 19.8 Å². The molecular formula is C23H32N4O4S. The van der Waals surface area contributed by atoms with Gasteiger partial charge >= 0.3 is 0 Å². The average molecular weight is 461 g/mol. The number of amides is 2. The molecule has 1 fully saturated rings. The molecule has 0 atom stereocenters. The van der Waals surface area contributed by atoms with Crippen LogP contribution in [0.15, 0.2) is 18.3 Å². The Balaban J connectivity index is 1.49. The fraction of sp³-hybridized carbons (Fsp3) is 0.522. The van der Waals surface area contributed by atoms with Crippen molar-refractivity contribution < 1.29 is 19.8 Å². The minimum absolute atomic E-state index is 0.00306. The first-order valence-electron chi connectivity index (χ1n) is 10.8. The van der Waals surface area contributed by atoms with Gasteiger partial charge in [0.1, 0.15) is 10.6 Å². The molecule has 1 aliphatic heterocycles. The lowest BCUT2D eigenvalue weighted by molar-refractivity contribution is -0.136. The summed E-state index contributed by atoms with van der Waals surface area (Å²) in [5.74, 6) is 0.299. The molecule has 1 aromatic heterocycles. The molecule has 174 valence electrons. The molecule has 0 aliphatic carbocycles. The molecule has 8 nitrogen and oxygen atoms in total. The summed E-state index contributed by atoms with van der Waals surface area (Å²) in [7, 11) is 0. The zero-order valence-electron chi connectivity index (χ0n) is 19.1. The van der Waals surface area contributed by atoms with Gasteiger partial charge in [-0.1, -0.05) is 17.4 Å². The number of benzene rings is 1. The van der Waals surface area contributed by atoms with Crippen LogP contribution in [0.25, 0.3) is 0 Å². The van der Waals surface area contributed by atoms with Gasteiger partial charge in [0.15, 0.2) is 5.13 Å². The first kappa shape index (κ1) is 24.0. The number of carbonyl (C=O) groups excluding carboxylic acids is 2. The number of anilines is 2. The second-order valence-electron chi connectivity index (χ2n) is 9.08. The van der Waals surface area contributed by atoms with E-state index in [1.807, 2.05) is 11.8 Å². The van der Waals surface area contributed by atoms with Gasteiger partial charge in [0.05, 0.1) is 23.9 Å². The number of aliphatic hydroxyl groups is 1. The molecular weight excluding hydrogens is 428 g/mol. The molecule has 32 heavy (non-hydrogen) atoms. The Bertz CT molecular complexity index is 975. The van der Waals surface area contributed by atoms with E-state index >= 15 is 0 Å². The quantitative estimate of drug-likeness (QED) is 0.503. The summed E-state index contributed by atoms with van der Waals surface area (Å²) in [5, 5.41) is 26.6. The lowest BCUT2D eigenvalue weighted by Crippen LogP contribution is -2.42. The lowest BCUT2D eigenvalue weighted by atomic mass is 9.95. The van der Waals surface area contributed by atoms with Crippen molar-refractivity contribution in [3.63, 3.8) is 0 Å². The van der Waals surface area contributed by atoms with Gasteiger partial charge in [-0.25, -0.2) is 4.98 Å². The predicted molar refractivity (Wildman–Crippen MR) is 126 cm³/mol. The van der Waals surface area contributed by atoms with E-state index in [1.165, 1.54) is 11.3 Å². The summed E-state index contributed by atoms with van der Waals surface area (Å²) in [6.07, 6.45) is 3.47. The van der Waals surface area contributed by atoms with Gasteiger partial charge in [-0.15, -0.1) is 0 Å². The zero-order chi connectivity index (χ0) is 23.5. The maximum atomic E-state index is 12.6. The molecule has 0 unspecified atom stereocenters. The summed E-state index contributed by atoms with van der Waals surface area (Å²) >= 11 is 1.29. The fourth-order valence-electron chi connectivity index (χ4n) is 3.76. The summed E-state index contributed by atoms with van der Waals surface area (Å²) < 4.78 is 0. The number of phenols is 1. The number of aromatic nitrogens is 1. The monoisotopic (exact) mass is 460 g/mol. The molecule has 2 amide bonds. The molecule has 1 saturated heterocycles. The minimum Gasteiger partial charge on any atom is -0.508 e. The molecule has 0 radical (unpaired) electrons. The van der Waals surface area contributed by atoms with Gasteiger partial charge in [0.25, 0.3) is 5.91 Å². The Morgan fingerprint density at radius 3 is 2.59 bits per heavy atom. The lowest BCUT2D eigenvalue weighted by Gasteiger charge is -2.33. The van der Waals surface area contributed by atoms with Crippen molar-refractivity contribution in [2.75, 3.05) is 30.3 Å². The average Bonchev–Trinajstić information content (AvgIpc) is 3.21. The number of nitrogens with zero attached hydrogens (tertiary/aromatic N) is 2. The Kier molecular flexibility index (Phi) is 7.40. The van der Waals surface area contributed by atoms with Gasteiger partial charge < -0.3 is 25.7 Å². The smallest absolute Gasteiger partial charge is 0.267 e. The van der Waals surface area contributed by atoms with Crippen LogP contribution in [0.5, 0.6) is 5.75 Å². The van der Waals surface area contributed by atoms with Crippen LogP contribution in [0.4, 0.5) is 10.8 Å². The van der Waals surface area contributed by atoms with E-state index in [9.17, 15) is 19.8 Å². The van der Waals surface area contributed by atoms with Crippen LogP contribution < -0.4 is 10.6 Å². The van der Waals surface area contributed by atoms with Gasteiger partial charge in [0, 0.05) is 25.2 Å². The van der Waals surface area contributed by atoms with E-state index in [-0.39, 0.29) is 24.0 Å². The number of likely N-dealkylation sites (tertiary alicyclic amines) is 1. The van der Waals surface area contributed by atoms with Gasteiger partial charge in [-0.3, -0.25) is 9.59 Å². The van der Waals surface area contributed by atoms with E-state index in [2.05, 4.69) is 15.6 Å². The third-order valence-electron chi connectivity index (χ3n) is 5.71. The van der Waals surface area contributed by atoms with Crippen LogP contribution in [0.1, 0.15) is 53.9 Å². The molecule has 9 heteroatoms. The molecule has 4 N–H and O–H groups in total. The van der Waals surface area contributed by atoms with Crippen LogP contribution in [0.2, 0.25) is 0 Å². The SMILES string of the molecule is Cc1ccc(O)c(C)c1NC(=O)c1cnc(NCC2CCN(C(=O)CC(C)(C)O)CC2)s1. The number of thiazole rings is 1. The highest BCUT2D eigenvalue weighted by atomic mass is 32.1. The third kappa shape index (κ3) is 6.20. The topological polar surface area (TPSA) is 115 Å². The number of nitrogens with one attached hydrogen (secondary N) is 2. The number of hydrogen-bond donors (Lipinski definition) is 4. The van der Waals surface area contributed by atoms with Crippen LogP contribution in [0.3, 0.4) is 0 Å². The van der Waals surface area contributed by atoms with Crippen LogP contribution >= 0.6 is 11.3 Å². The number of aromatic hydroxyl groups is 1. The van der Waals surface area contributed by atoms with E-state index in [1.54, 1.807) is 39.1 Å². The number of aryl methyl sites for hydroxylation is 1. The molecule has 2 aromatic rings. The second kappa shape index (κ2) is 9.87. The van der Waals surface area contributed by atoms with Crippen molar-refractivity contribution in [2.24, 2.45) is 5.92 Å². The van der Waals surface area contributed by atoms with Crippen molar-refractivity contribution in [3.8, 4) is 5.75 Å². The molecule has 0 saturated carbocycles. The first-order valence-corrected chi connectivity index (χ1v) is 11.7. The molecule has 1 aliphatic rings. The van der Waals surface area contributed by atoms with Crippen LogP contribution in [-0.4, -0.2) is 57.1 Å². The summed E-state index contributed by atoms with van der Waals surface area (Å²) in [6.45, 7) is 9.05. The normalized spacial score (nSPS) is 15.0. The molecule has 0 spiro atoms. The Morgan fingerprint density at radius 1 is 1.25 bits per heavy atom. The largest absolute Gasteiger partial charge is 0.508 e. The molecule has 1 aromatic carbocycles. The van der Waals surface area contributed by atoms with Gasteiger partial charge in [-0.2, -0.15) is 0 Å². The van der Waals surface area contributed by atoms with Crippen molar-refractivity contribution in [1.82, 2.24) is 9.88 Å². The first-order chi connectivity index (χ1) is 15.0. The van der Waals surface area contributed by atoms with E-state index in [0.717, 1.165) is 24.9 Å². The maximum Gasteiger partial charge on any atom is 0.267 e. The van der Waals surface area contributed by atoms with Crippen molar-refractivity contribution >= 4 is 34.0 Å². The minimum atomic E-state index is -0.984. The summed E-state index contributed by atoms with van der Waals surface area (Å²) in [4.78, 5) is 31.5. The Labute approximate surface area is 192 Å². The second-order valence-corrected chi connectivity index (χ2v) is 10.1. The number of hydrogen-bond acceptors (Lipinski definition) is 7. The summed E-state index contributed by atoms with van der Waals surface area (Å²) in [6, 6.07) is 3.38. The Hall–Kier alpha value is -2.65. The molecule has 2 heterocycles. The molecule has 3 rings (SSSR count). The van der Waals surface area contributed by atoms with Gasteiger partial charge in [0.2, 0.25) is 5.91 Å². The number of piperidine rings is 1. The molecule has 0 bridgehead atoms. The van der Waals surface area contributed by atoms with E-state index < -0.39 is 5.60 Å². The van der Waals surface area contributed by atoms with Crippen molar-refractivity contribution in [1.29, 1.82) is 0 Å². The standard InChI is InChI=1S/C23H32N4O4S/c1-14-5-6-17(28)15(2)20(14)26-21(30)18-13-25-22(32-18)24-12-16-7-9-27(10-8-16)19(29)11-23(3,4)31/h5-6,13,16,28,31H,7-12H2,1-4H3,(H,24,25)(H,26,30). The Morgan fingerprint density at radius 2 is 1.94 bits per heavy atom.